The first-order valence-corrected chi connectivity index (χ1v) is 5.11. The van der Waals surface area contributed by atoms with Crippen molar-refractivity contribution in [1.29, 1.82) is 0 Å². The number of carboxylic acid groups (broad SMARTS) is 1. The summed E-state index contributed by atoms with van der Waals surface area (Å²) >= 11 is 0. The molecule has 0 fully saturated rings. The average molecular weight is 237 g/mol. The number of furan rings is 1. The van der Waals surface area contributed by atoms with Gasteiger partial charge in [0.05, 0.1) is 0 Å². The van der Waals surface area contributed by atoms with Gasteiger partial charge in [-0.1, -0.05) is 0 Å². The van der Waals surface area contributed by atoms with Gasteiger partial charge in [-0.3, -0.25) is 4.79 Å². The number of aliphatic carboxylic acids is 1. The van der Waals surface area contributed by atoms with Crippen LogP contribution in [0.5, 0.6) is 0 Å². The van der Waals surface area contributed by atoms with Crippen LogP contribution in [0.15, 0.2) is 22.6 Å². The molecule has 1 heterocycles. The van der Waals surface area contributed by atoms with E-state index in [1.54, 1.807) is 19.1 Å². The van der Waals surface area contributed by atoms with E-state index in [9.17, 15) is 9.59 Å². The van der Waals surface area contributed by atoms with Crippen molar-refractivity contribution in [3.05, 3.63) is 29.7 Å². The topological polar surface area (TPSA) is 79.5 Å². The third-order valence-corrected chi connectivity index (χ3v) is 2.13. The number of nitrogens with one attached hydrogen (secondary N) is 1. The highest BCUT2D eigenvalue weighted by molar-refractivity contribution is 5.95. The summed E-state index contributed by atoms with van der Waals surface area (Å²) in [6.45, 7) is 4.63. The van der Waals surface area contributed by atoms with Gasteiger partial charge in [-0.25, -0.2) is 4.79 Å². The Kier molecular flexibility index (Phi) is 3.73. The fourth-order valence-electron chi connectivity index (χ4n) is 1.10. The third kappa shape index (κ3) is 3.79. The minimum absolute atomic E-state index is 0.480. The summed E-state index contributed by atoms with van der Waals surface area (Å²) in [6.07, 6.45) is 2.73. The van der Waals surface area contributed by atoms with Crippen LogP contribution in [-0.2, 0) is 9.59 Å². The van der Waals surface area contributed by atoms with Gasteiger partial charge < -0.3 is 14.8 Å². The Balaban J connectivity index is 2.61. The van der Waals surface area contributed by atoms with Gasteiger partial charge in [0.15, 0.2) is 0 Å². The molecule has 0 bridgehead atoms. The molecule has 0 radical (unpaired) electrons. The molecule has 5 nitrogen and oxygen atoms in total. The van der Waals surface area contributed by atoms with E-state index < -0.39 is 17.4 Å². The Morgan fingerprint density at radius 2 is 2.06 bits per heavy atom. The largest absolute Gasteiger partial charge is 0.480 e. The van der Waals surface area contributed by atoms with Gasteiger partial charge in [0.1, 0.15) is 17.1 Å². The molecule has 0 aliphatic carbocycles. The fraction of sp³-hybridized carbons (Fsp3) is 0.333. The molecule has 17 heavy (non-hydrogen) atoms. The fourth-order valence-corrected chi connectivity index (χ4v) is 1.10. The van der Waals surface area contributed by atoms with Crippen molar-refractivity contribution in [3.8, 4) is 0 Å². The maximum absolute atomic E-state index is 11.4. The van der Waals surface area contributed by atoms with Crippen LogP contribution in [0.4, 0.5) is 0 Å². The number of amides is 1. The number of hydrogen-bond donors (Lipinski definition) is 2. The van der Waals surface area contributed by atoms with Crippen LogP contribution >= 0.6 is 0 Å². The Labute approximate surface area is 99.1 Å². The second-order valence-electron chi connectivity index (χ2n) is 4.20. The van der Waals surface area contributed by atoms with Crippen LogP contribution in [0.25, 0.3) is 6.08 Å². The maximum Gasteiger partial charge on any atom is 0.328 e. The smallest absolute Gasteiger partial charge is 0.328 e. The van der Waals surface area contributed by atoms with Gasteiger partial charge >= 0.3 is 5.97 Å². The van der Waals surface area contributed by atoms with Crippen LogP contribution in [0.2, 0.25) is 0 Å². The van der Waals surface area contributed by atoms with Crippen molar-refractivity contribution < 1.29 is 19.1 Å². The second kappa shape index (κ2) is 4.86. The molecular formula is C12H15NO4. The summed E-state index contributed by atoms with van der Waals surface area (Å²) in [5.74, 6) is -0.277. The molecule has 5 heteroatoms. The zero-order chi connectivity index (χ0) is 13.1. The summed E-state index contributed by atoms with van der Waals surface area (Å²) in [5.41, 5.74) is -1.29. The first-order chi connectivity index (χ1) is 7.81. The van der Waals surface area contributed by atoms with E-state index in [2.05, 4.69) is 5.32 Å². The van der Waals surface area contributed by atoms with Crippen LogP contribution in [0.1, 0.15) is 25.4 Å². The molecule has 1 amide bonds. The second-order valence-corrected chi connectivity index (χ2v) is 4.20. The maximum atomic E-state index is 11.4. The summed E-state index contributed by atoms with van der Waals surface area (Å²) in [5, 5.41) is 11.2. The van der Waals surface area contributed by atoms with Gasteiger partial charge in [-0.05, 0) is 39.0 Å². The molecule has 0 aromatic carbocycles. The zero-order valence-corrected chi connectivity index (χ0v) is 9.98. The molecule has 1 rings (SSSR count). The minimum Gasteiger partial charge on any atom is -0.480 e. The van der Waals surface area contributed by atoms with E-state index in [1.807, 2.05) is 0 Å². The molecule has 0 saturated heterocycles. The Morgan fingerprint density at radius 1 is 1.41 bits per heavy atom. The normalized spacial score (nSPS) is 11.7. The molecular weight excluding hydrogens is 222 g/mol. The highest BCUT2D eigenvalue weighted by atomic mass is 16.4. The van der Waals surface area contributed by atoms with Crippen LogP contribution in [-0.4, -0.2) is 22.5 Å². The zero-order valence-electron chi connectivity index (χ0n) is 9.98. The third-order valence-electron chi connectivity index (χ3n) is 2.13. The van der Waals surface area contributed by atoms with E-state index >= 15 is 0 Å². The molecule has 0 aliphatic rings. The molecule has 2 N–H and O–H groups in total. The van der Waals surface area contributed by atoms with Crippen molar-refractivity contribution in [3.63, 3.8) is 0 Å². The van der Waals surface area contributed by atoms with Crippen molar-refractivity contribution >= 4 is 18.0 Å². The lowest BCUT2D eigenvalue weighted by molar-refractivity contribution is -0.145. The molecule has 0 saturated carbocycles. The van der Waals surface area contributed by atoms with Gasteiger partial charge in [-0.15, -0.1) is 0 Å². The van der Waals surface area contributed by atoms with Crippen LogP contribution in [0, 0.1) is 6.92 Å². The first-order valence-electron chi connectivity index (χ1n) is 5.11. The first kappa shape index (κ1) is 13.0. The van der Waals surface area contributed by atoms with E-state index in [1.165, 1.54) is 26.0 Å². The predicted molar refractivity (Wildman–Crippen MR) is 62.3 cm³/mol. The number of hydrogen-bond acceptors (Lipinski definition) is 3. The molecule has 0 unspecified atom stereocenters. The molecule has 0 aliphatic heterocycles. The van der Waals surface area contributed by atoms with Crippen LogP contribution < -0.4 is 5.32 Å². The van der Waals surface area contributed by atoms with E-state index in [4.69, 9.17) is 9.52 Å². The van der Waals surface area contributed by atoms with Crippen molar-refractivity contribution in [1.82, 2.24) is 5.32 Å². The average Bonchev–Trinajstić information content (AvgIpc) is 2.60. The summed E-state index contributed by atoms with van der Waals surface area (Å²) in [7, 11) is 0. The van der Waals surface area contributed by atoms with Gasteiger partial charge in [0.25, 0.3) is 0 Å². The Morgan fingerprint density at radius 3 is 2.53 bits per heavy atom. The highest BCUT2D eigenvalue weighted by Crippen LogP contribution is 2.08. The van der Waals surface area contributed by atoms with Gasteiger partial charge in [-0.2, -0.15) is 0 Å². The molecule has 0 atom stereocenters. The molecule has 1 aromatic heterocycles. The van der Waals surface area contributed by atoms with E-state index in [0.29, 0.717) is 5.76 Å². The lowest BCUT2D eigenvalue weighted by atomic mass is 10.1. The standard InChI is InChI=1S/C12H15NO4/c1-8-4-5-9(17-8)6-7-10(14)13-12(2,3)11(15)16/h4-7H,1-3H3,(H,13,14)(H,15,16). The van der Waals surface area contributed by atoms with Crippen molar-refractivity contribution in [2.75, 3.05) is 0 Å². The number of carbonyl (C=O) groups is 2. The predicted octanol–water partition coefficient (Wildman–Crippen LogP) is 1.58. The lowest BCUT2D eigenvalue weighted by Gasteiger charge is -2.19. The van der Waals surface area contributed by atoms with Crippen LogP contribution in [0.3, 0.4) is 0 Å². The quantitative estimate of drug-likeness (QED) is 0.779. The number of rotatable bonds is 4. The Hall–Kier alpha value is -2.04. The lowest BCUT2D eigenvalue weighted by Crippen LogP contribution is -2.49. The number of aryl methyl sites for hydroxylation is 1. The van der Waals surface area contributed by atoms with E-state index in [0.717, 1.165) is 5.76 Å². The minimum atomic E-state index is -1.29. The molecule has 0 spiro atoms. The SMILES string of the molecule is Cc1ccc(C=CC(=O)NC(C)(C)C(=O)O)o1. The van der Waals surface area contributed by atoms with Crippen molar-refractivity contribution in [2.45, 2.75) is 26.3 Å². The number of carboxylic acids is 1. The van der Waals surface area contributed by atoms with Crippen molar-refractivity contribution in [2.24, 2.45) is 0 Å². The highest BCUT2D eigenvalue weighted by Gasteiger charge is 2.27. The number of carbonyl (C=O) groups excluding carboxylic acids is 1. The monoisotopic (exact) mass is 237 g/mol. The van der Waals surface area contributed by atoms with Gasteiger partial charge in [0, 0.05) is 6.08 Å². The molecule has 92 valence electrons. The Bertz CT molecular complexity index is 457. The van der Waals surface area contributed by atoms with Gasteiger partial charge in [0.2, 0.25) is 5.91 Å². The summed E-state index contributed by atoms with van der Waals surface area (Å²) in [6, 6.07) is 3.50. The molecule has 1 aromatic rings. The van der Waals surface area contributed by atoms with E-state index in [-0.39, 0.29) is 0 Å². The summed E-state index contributed by atoms with van der Waals surface area (Å²) in [4.78, 5) is 22.2. The summed E-state index contributed by atoms with van der Waals surface area (Å²) < 4.78 is 5.23.